The van der Waals surface area contributed by atoms with Crippen molar-refractivity contribution in [2.75, 3.05) is 24.3 Å². The average molecular weight is 423 g/mol. The number of anilines is 3. The fourth-order valence-corrected chi connectivity index (χ4v) is 4.11. The minimum atomic E-state index is -0.489. The van der Waals surface area contributed by atoms with Crippen LogP contribution in [0, 0.1) is 0 Å². The molecule has 8 heteroatoms. The van der Waals surface area contributed by atoms with Gasteiger partial charge in [-0.2, -0.15) is 0 Å². The van der Waals surface area contributed by atoms with E-state index in [9.17, 15) is 9.59 Å². The summed E-state index contributed by atoms with van der Waals surface area (Å²) in [6.45, 7) is 0.546. The zero-order valence-electron chi connectivity index (χ0n) is 16.5. The van der Waals surface area contributed by atoms with E-state index < -0.39 is 6.04 Å². The lowest BCUT2D eigenvalue weighted by Gasteiger charge is -2.23. The Morgan fingerprint density at radius 2 is 1.87 bits per heavy atom. The van der Waals surface area contributed by atoms with Crippen LogP contribution in [0.5, 0.6) is 5.75 Å². The van der Waals surface area contributed by atoms with Gasteiger partial charge in [0.15, 0.2) is 5.13 Å². The quantitative estimate of drug-likeness (QED) is 0.624. The van der Waals surface area contributed by atoms with Gasteiger partial charge in [-0.15, -0.1) is 11.3 Å². The van der Waals surface area contributed by atoms with Crippen molar-refractivity contribution in [3.63, 3.8) is 0 Å². The highest BCUT2D eigenvalue weighted by Gasteiger charge is 2.35. The summed E-state index contributed by atoms with van der Waals surface area (Å²) in [6.07, 6.45) is 1.44. The van der Waals surface area contributed by atoms with E-state index in [1.165, 1.54) is 11.3 Å². The largest absolute Gasteiger partial charge is 0.497 e. The molecule has 2 heterocycles. The maximum absolute atomic E-state index is 13.0. The molecule has 7 nitrogen and oxygen atoms in total. The van der Waals surface area contributed by atoms with Crippen molar-refractivity contribution >= 4 is 39.7 Å². The number of para-hydroxylation sites is 1. The lowest BCUT2D eigenvalue weighted by molar-refractivity contribution is -0.119. The molecule has 2 aromatic carbocycles. The summed E-state index contributed by atoms with van der Waals surface area (Å²) in [5.41, 5.74) is 1.92. The Morgan fingerprint density at radius 1 is 1.10 bits per heavy atom. The van der Waals surface area contributed by atoms with Crippen LogP contribution in [0.2, 0.25) is 0 Å². The number of amides is 2. The first-order valence-electron chi connectivity index (χ1n) is 9.67. The van der Waals surface area contributed by atoms with E-state index in [1.807, 2.05) is 54.6 Å². The second-order valence-electron chi connectivity index (χ2n) is 6.90. The molecule has 30 heavy (non-hydrogen) atoms. The first-order valence-corrected chi connectivity index (χ1v) is 10.6. The average Bonchev–Trinajstić information content (AvgIpc) is 3.44. The molecule has 2 amide bonds. The van der Waals surface area contributed by atoms with Gasteiger partial charge in [-0.05, 0) is 49.2 Å². The molecule has 0 spiro atoms. The van der Waals surface area contributed by atoms with Crippen molar-refractivity contribution in [3.8, 4) is 5.75 Å². The van der Waals surface area contributed by atoms with E-state index in [0.29, 0.717) is 23.8 Å². The molecular weight excluding hydrogens is 400 g/mol. The first kappa shape index (κ1) is 19.9. The summed E-state index contributed by atoms with van der Waals surface area (Å²) in [5.74, 6) is 0.378. The lowest BCUT2D eigenvalue weighted by atomic mass is 10.2. The Balaban J connectivity index is 1.42. The van der Waals surface area contributed by atoms with E-state index >= 15 is 0 Å². The number of nitrogens with one attached hydrogen (secondary N) is 2. The number of benzene rings is 2. The number of hydrogen-bond acceptors (Lipinski definition) is 6. The number of carbonyl (C=O) groups is 2. The lowest BCUT2D eigenvalue weighted by Crippen LogP contribution is -2.43. The Hall–Kier alpha value is -3.39. The molecule has 0 bridgehead atoms. The van der Waals surface area contributed by atoms with Crippen molar-refractivity contribution in [2.45, 2.75) is 18.9 Å². The Labute approximate surface area is 178 Å². The molecule has 1 aliphatic rings. The maximum atomic E-state index is 13.0. The van der Waals surface area contributed by atoms with E-state index in [1.54, 1.807) is 17.4 Å². The van der Waals surface area contributed by atoms with Crippen LogP contribution in [0.3, 0.4) is 0 Å². The number of aromatic nitrogens is 1. The molecule has 0 saturated carbocycles. The Kier molecular flexibility index (Phi) is 5.94. The molecule has 2 N–H and O–H groups in total. The molecule has 1 unspecified atom stereocenters. The molecule has 1 fully saturated rings. The van der Waals surface area contributed by atoms with Crippen LogP contribution < -0.4 is 15.4 Å². The van der Waals surface area contributed by atoms with Crippen LogP contribution in [-0.2, 0) is 4.79 Å². The summed E-state index contributed by atoms with van der Waals surface area (Å²) in [6, 6.07) is 16.2. The van der Waals surface area contributed by atoms with Gasteiger partial charge in [0, 0.05) is 23.3 Å². The number of thiazole rings is 1. The normalized spacial score (nSPS) is 15.6. The monoisotopic (exact) mass is 422 g/mol. The van der Waals surface area contributed by atoms with Crippen LogP contribution in [0.1, 0.15) is 23.3 Å². The van der Waals surface area contributed by atoms with E-state index in [2.05, 4.69) is 15.6 Å². The third-order valence-electron chi connectivity index (χ3n) is 4.92. The summed E-state index contributed by atoms with van der Waals surface area (Å²) >= 11 is 1.35. The molecule has 1 saturated heterocycles. The zero-order valence-corrected chi connectivity index (χ0v) is 17.3. The van der Waals surface area contributed by atoms with Gasteiger partial charge in [-0.3, -0.25) is 9.59 Å². The fraction of sp³-hybridized carbons (Fsp3) is 0.227. The third kappa shape index (κ3) is 4.44. The molecular formula is C22H22N4O3S. The van der Waals surface area contributed by atoms with Gasteiger partial charge in [-0.25, -0.2) is 4.98 Å². The van der Waals surface area contributed by atoms with E-state index in [4.69, 9.17) is 4.74 Å². The summed E-state index contributed by atoms with van der Waals surface area (Å²) < 4.78 is 5.16. The van der Waals surface area contributed by atoms with E-state index in [-0.39, 0.29) is 11.8 Å². The fourth-order valence-electron chi connectivity index (χ4n) is 3.40. The van der Waals surface area contributed by atoms with Crippen LogP contribution in [0.25, 0.3) is 0 Å². The van der Waals surface area contributed by atoms with Crippen LogP contribution >= 0.6 is 11.3 Å². The van der Waals surface area contributed by atoms with E-state index in [0.717, 1.165) is 23.5 Å². The summed E-state index contributed by atoms with van der Waals surface area (Å²) in [5, 5.41) is 8.42. The molecule has 0 radical (unpaired) electrons. The van der Waals surface area contributed by atoms with Gasteiger partial charge in [0.1, 0.15) is 17.5 Å². The van der Waals surface area contributed by atoms with Crippen molar-refractivity contribution in [1.82, 2.24) is 9.88 Å². The summed E-state index contributed by atoms with van der Waals surface area (Å²) in [4.78, 5) is 31.8. The summed E-state index contributed by atoms with van der Waals surface area (Å²) in [7, 11) is 1.62. The minimum absolute atomic E-state index is 0.168. The van der Waals surface area contributed by atoms with Gasteiger partial charge in [0.25, 0.3) is 5.91 Å². The number of likely N-dealkylation sites (tertiary alicyclic amines) is 1. The number of rotatable bonds is 6. The molecule has 3 aromatic rings. The van der Waals surface area contributed by atoms with Crippen LogP contribution in [-0.4, -0.2) is 41.4 Å². The molecule has 4 rings (SSSR count). The van der Waals surface area contributed by atoms with Crippen molar-refractivity contribution in [3.05, 3.63) is 65.7 Å². The topological polar surface area (TPSA) is 83.6 Å². The SMILES string of the molecule is COc1ccc(Nc2nc(C(=O)N3CCCC3C(=O)Nc3ccccc3)cs2)cc1. The molecule has 1 atom stereocenters. The molecule has 1 aromatic heterocycles. The van der Waals surface area contributed by atoms with Gasteiger partial charge >= 0.3 is 0 Å². The van der Waals surface area contributed by atoms with Gasteiger partial charge in [0.05, 0.1) is 7.11 Å². The number of hydrogen-bond donors (Lipinski definition) is 2. The van der Waals surface area contributed by atoms with Crippen molar-refractivity contribution in [2.24, 2.45) is 0 Å². The van der Waals surface area contributed by atoms with Crippen molar-refractivity contribution in [1.29, 1.82) is 0 Å². The maximum Gasteiger partial charge on any atom is 0.274 e. The highest BCUT2D eigenvalue weighted by molar-refractivity contribution is 7.14. The van der Waals surface area contributed by atoms with Crippen LogP contribution in [0.15, 0.2) is 60.0 Å². The third-order valence-corrected chi connectivity index (χ3v) is 5.68. The highest BCUT2D eigenvalue weighted by atomic mass is 32.1. The number of methoxy groups -OCH3 is 1. The standard InChI is InChI=1S/C22H22N4O3S/c1-29-17-11-9-16(10-12-17)24-22-25-18(14-30-22)21(28)26-13-5-8-19(26)20(27)23-15-6-3-2-4-7-15/h2-4,6-7,9-12,14,19H,5,8,13H2,1H3,(H,23,27)(H,24,25). The Bertz CT molecular complexity index is 1020. The predicted molar refractivity (Wildman–Crippen MR) is 118 cm³/mol. The van der Waals surface area contributed by atoms with Crippen molar-refractivity contribution < 1.29 is 14.3 Å². The second-order valence-corrected chi connectivity index (χ2v) is 7.76. The van der Waals surface area contributed by atoms with Gasteiger partial charge < -0.3 is 20.3 Å². The smallest absolute Gasteiger partial charge is 0.274 e. The minimum Gasteiger partial charge on any atom is -0.497 e. The number of carbonyl (C=O) groups excluding carboxylic acids is 2. The molecule has 1 aliphatic heterocycles. The first-order chi connectivity index (χ1) is 14.6. The van der Waals surface area contributed by atoms with Crippen LogP contribution in [0.4, 0.5) is 16.5 Å². The zero-order chi connectivity index (χ0) is 20.9. The Morgan fingerprint density at radius 3 is 2.60 bits per heavy atom. The predicted octanol–water partition coefficient (Wildman–Crippen LogP) is 4.14. The molecule has 0 aliphatic carbocycles. The second kappa shape index (κ2) is 8.96. The number of nitrogens with zero attached hydrogens (tertiary/aromatic N) is 2. The van der Waals surface area contributed by atoms with Gasteiger partial charge in [0.2, 0.25) is 5.91 Å². The highest BCUT2D eigenvalue weighted by Crippen LogP contribution is 2.26. The molecule has 154 valence electrons. The van der Waals surface area contributed by atoms with Gasteiger partial charge in [-0.1, -0.05) is 18.2 Å². The number of ether oxygens (including phenoxy) is 1.